The molecule has 2 rings (SSSR count). The molecule has 1 aromatic rings. The summed E-state index contributed by atoms with van der Waals surface area (Å²) in [5.41, 5.74) is 0.905. The number of hydrogen-bond acceptors (Lipinski definition) is 2. The molecule has 1 N–H and O–H groups in total. The van der Waals surface area contributed by atoms with Gasteiger partial charge in [0, 0.05) is 19.1 Å². The normalized spacial score (nSPS) is 19.3. The van der Waals surface area contributed by atoms with Crippen molar-refractivity contribution in [2.75, 3.05) is 20.1 Å². The zero-order valence-electron chi connectivity index (χ0n) is 10.2. The third-order valence-electron chi connectivity index (χ3n) is 3.29. The van der Waals surface area contributed by atoms with Gasteiger partial charge in [0.1, 0.15) is 0 Å². The van der Waals surface area contributed by atoms with E-state index in [1.807, 2.05) is 18.0 Å². The van der Waals surface area contributed by atoms with Crippen molar-refractivity contribution in [2.24, 2.45) is 0 Å². The zero-order chi connectivity index (χ0) is 13.1. The van der Waals surface area contributed by atoms with Gasteiger partial charge in [0.25, 0.3) is 0 Å². The number of halogens is 2. The molecule has 0 saturated carbocycles. The lowest BCUT2D eigenvalue weighted by Gasteiger charge is -2.16. The van der Waals surface area contributed by atoms with Gasteiger partial charge in [0.15, 0.2) is 0 Å². The number of likely N-dealkylation sites (tertiary alicyclic amines) is 1. The summed E-state index contributed by atoms with van der Waals surface area (Å²) in [5, 5.41) is 4.21. The zero-order valence-corrected chi connectivity index (χ0v) is 11.8. The standard InChI is InChI=1S/C13H16Cl2N2O/c1-16-10-4-5-17(8-10)13(18)7-9-2-3-11(14)12(15)6-9/h2-3,6,10,16H,4-5,7-8H2,1H3. The maximum Gasteiger partial charge on any atom is 0.227 e. The number of likely N-dealkylation sites (N-methyl/N-ethyl adjacent to an activating group) is 1. The molecule has 0 aliphatic carbocycles. The van der Waals surface area contributed by atoms with Crippen molar-refractivity contribution < 1.29 is 4.79 Å². The van der Waals surface area contributed by atoms with Crippen molar-refractivity contribution in [2.45, 2.75) is 18.9 Å². The summed E-state index contributed by atoms with van der Waals surface area (Å²) in [6.07, 6.45) is 1.40. The number of nitrogens with zero attached hydrogens (tertiary/aromatic N) is 1. The molecular weight excluding hydrogens is 271 g/mol. The third kappa shape index (κ3) is 3.16. The smallest absolute Gasteiger partial charge is 0.227 e. The molecule has 1 atom stereocenters. The number of amides is 1. The molecule has 0 radical (unpaired) electrons. The Balaban J connectivity index is 1.97. The van der Waals surface area contributed by atoms with Gasteiger partial charge in [-0.2, -0.15) is 0 Å². The van der Waals surface area contributed by atoms with Crippen LogP contribution in [-0.2, 0) is 11.2 Å². The van der Waals surface area contributed by atoms with E-state index in [4.69, 9.17) is 23.2 Å². The molecule has 1 aliphatic heterocycles. The van der Waals surface area contributed by atoms with Crippen LogP contribution in [0, 0.1) is 0 Å². The SMILES string of the molecule is CNC1CCN(C(=O)Cc2ccc(Cl)c(Cl)c2)C1. The van der Waals surface area contributed by atoms with Crippen molar-refractivity contribution in [3.8, 4) is 0 Å². The molecule has 1 amide bonds. The van der Waals surface area contributed by atoms with E-state index in [2.05, 4.69) is 5.32 Å². The van der Waals surface area contributed by atoms with Crippen LogP contribution in [0.2, 0.25) is 10.0 Å². The van der Waals surface area contributed by atoms with E-state index >= 15 is 0 Å². The minimum Gasteiger partial charge on any atom is -0.341 e. The number of carbonyl (C=O) groups is 1. The summed E-state index contributed by atoms with van der Waals surface area (Å²) in [7, 11) is 1.93. The largest absolute Gasteiger partial charge is 0.341 e. The first-order valence-corrected chi connectivity index (χ1v) is 6.74. The van der Waals surface area contributed by atoms with Crippen LogP contribution in [0.25, 0.3) is 0 Å². The lowest BCUT2D eigenvalue weighted by atomic mass is 10.1. The van der Waals surface area contributed by atoms with Gasteiger partial charge in [-0.3, -0.25) is 4.79 Å². The molecule has 5 heteroatoms. The average molecular weight is 287 g/mol. The van der Waals surface area contributed by atoms with E-state index in [0.717, 1.165) is 25.1 Å². The van der Waals surface area contributed by atoms with Crippen molar-refractivity contribution in [1.82, 2.24) is 10.2 Å². The van der Waals surface area contributed by atoms with Gasteiger partial charge < -0.3 is 10.2 Å². The minimum atomic E-state index is 0.145. The number of nitrogens with one attached hydrogen (secondary N) is 1. The van der Waals surface area contributed by atoms with E-state index in [1.165, 1.54) is 0 Å². The molecule has 0 spiro atoms. The second kappa shape index (κ2) is 5.91. The van der Waals surface area contributed by atoms with Crippen molar-refractivity contribution in [1.29, 1.82) is 0 Å². The van der Waals surface area contributed by atoms with Gasteiger partial charge in [0.2, 0.25) is 5.91 Å². The molecule has 1 aromatic carbocycles. The minimum absolute atomic E-state index is 0.145. The Kier molecular flexibility index (Phi) is 4.49. The first-order chi connectivity index (χ1) is 8.60. The van der Waals surface area contributed by atoms with Gasteiger partial charge in [-0.15, -0.1) is 0 Å². The van der Waals surface area contributed by atoms with Crippen LogP contribution in [0.15, 0.2) is 18.2 Å². The van der Waals surface area contributed by atoms with Crippen molar-refractivity contribution >= 4 is 29.1 Å². The fraction of sp³-hybridized carbons (Fsp3) is 0.462. The van der Waals surface area contributed by atoms with Gasteiger partial charge in [-0.1, -0.05) is 29.3 Å². The maximum absolute atomic E-state index is 12.1. The van der Waals surface area contributed by atoms with E-state index in [9.17, 15) is 4.79 Å². The van der Waals surface area contributed by atoms with Crippen LogP contribution in [0.3, 0.4) is 0 Å². The van der Waals surface area contributed by atoms with Gasteiger partial charge in [0.05, 0.1) is 16.5 Å². The summed E-state index contributed by atoms with van der Waals surface area (Å²) in [4.78, 5) is 14.0. The van der Waals surface area contributed by atoms with E-state index in [0.29, 0.717) is 22.5 Å². The average Bonchev–Trinajstić information content (AvgIpc) is 2.82. The van der Waals surface area contributed by atoms with Crippen molar-refractivity contribution in [3.05, 3.63) is 33.8 Å². The summed E-state index contributed by atoms with van der Waals surface area (Å²) in [6, 6.07) is 5.75. The lowest BCUT2D eigenvalue weighted by Crippen LogP contribution is -2.34. The number of benzene rings is 1. The fourth-order valence-electron chi connectivity index (χ4n) is 2.16. The van der Waals surface area contributed by atoms with E-state index in [1.54, 1.807) is 12.1 Å². The third-order valence-corrected chi connectivity index (χ3v) is 4.03. The van der Waals surface area contributed by atoms with Crippen LogP contribution in [-0.4, -0.2) is 37.0 Å². The Labute approximate surface area is 117 Å². The molecule has 1 heterocycles. The maximum atomic E-state index is 12.1. The second-order valence-electron chi connectivity index (χ2n) is 4.54. The molecule has 3 nitrogen and oxygen atoms in total. The first-order valence-electron chi connectivity index (χ1n) is 5.99. The Morgan fingerprint density at radius 3 is 2.83 bits per heavy atom. The quantitative estimate of drug-likeness (QED) is 0.925. The Hall–Kier alpha value is -0.770. The van der Waals surface area contributed by atoms with E-state index in [-0.39, 0.29) is 5.91 Å². The highest BCUT2D eigenvalue weighted by Crippen LogP contribution is 2.23. The summed E-state index contributed by atoms with van der Waals surface area (Å²) in [5.74, 6) is 0.145. The van der Waals surface area contributed by atoms with Crippen LogP contribution in [0.5, 0.6) is 0 Å². The fourth-order valence-corrected chi connectivity index (χ4v) is 2.48. The van der Waals surface area contributed by atoms with Crippen LogP contribution < -0.4 is 5.32 Å². The molecule has 18 heavy (non-hydrogen) atoms. The first kappa shape index (κ1) is 13.7. The molecule has 1 saturated heterocycles. The summed E-state index contributed by atoms with van der Waals surface area (Å²) in [6.45, 7) is 1.61. The van der Waals surface area contributed by atoms with Gasteiger partial charge in [-0.05, 0) is 31.2 Å². The Bertz CT molecular complexity index is 451. The van der Waals surface area contributed by atoms with Crippen LogP contribution in [0.4, 0.5) is 0 Å². The highest BCUT2D eigenvalue weighted by molar-refractivity contribution is 6.42. The highest BCUT2D eigenvalue weighted by Gasteiger charge is 2.24. The second-order valence-corrected chi connectivity index (χ2v) is 5.35. The predicted octanol–water partition coefficient (Wildman–Crippen LogP) is 2.36. The van der Waals surface area contributed by atoms with Gasteiger partial charge in [-0.25, -0.2) is 0 Å². The molecular formula is C13H16Cl2N2O. The number of rotatable bonds is 3. The highest BCUT2D eigenvalue weighted by atomic mass is 35.5. The topological polar surface area (TPSA) is 32.3 Å². The molecule has 0 bridgehead atoms. The molecule has 0 aromatic heterocycles. The molecule has 98 valence electrons. The number of hydrogen-bond donors (Lipinski definition) is 1. The number of carbonyl (C=O) groups excluding carboxylic acids is 1. The molecule has 1 aliphatic rings. The Morgan fingerprint density at radius 2 is 2.22 bits per heavy atom. The lowest BCUT2D eigenvalue weighted by molar-refractivity contribution is -0.129. The van der Waals surface area contributed by atoms with Gasteiger partial charge >= 0.3 is 0 Å². The molecule has 1 fully saturated rings. The van der Waals surface area contributed by atoms with Crippen LogP contribution in [0.1, 0.15) is 12.0 Å². The summed E-state index contributed by atoms with van der Waals surface area (Å²) >= 11 is 11.8. The van der Waals surface area contributed by atoms with Crippen LogP contribution >= 0.6 is 23.2 Å². The monoisotopic (exact) mass is 286 g/mol. The Morgan fingerprint density at radius 1 is 1.44 bits per heavy atom. The predicted molar refractivity (Wildman–Crippen MR) is 74.2 cm³/mol. The molecule has 1 unspecified atom stereocenters. The summed E-state index contributed by atoms with van der Waals surface area (Å²) < 4.78 is 0. The van der Waals surface area contributed by atoms with Crippen molar-refractivity contribution in [3.63, 3.8) is 0 Å². The van der Waals surface area contributed by atoms with E-state index < -0.39 is 0 Å².